The Morgan fingerprint density at radius 1 is 1.00 bits per heavy atom. The van der Waals surface area contributed by atoms with Crippen LogP contribution < -0.4 is 18.9 Å². The average molecular weight is 374 g/mol. The zero-order chi connectivity index (χ0) is 0. The fourth-order valence-corrected chi connectivity index (χ4v) is 0. The molecule has 0 atom stereocenters. The van der Waals surface area contributed by atoms with Crippen LogP contribution in [-0.2, 0) is 97.0 Å². The maximum atomic E-state index is 0. The average Bonchev–Trinajstić information content (AvgIpc) is 0. The van der Waals surface area contributed by atoms with Gasteiger partial charge in [-0.05, 0) is 0 Å². The van der Waals surface area contributed by atoms with Crippen LogP contribution in [0.15, 0.2) is 0 Å². The quantitative estimate of drug-likeness (QED) is 0.389. The van der Waals surface area contributed by atoms with Crippen molar-refractivity contribution in [3.05, 3.63) is 0 Å². The zero-order valence-corrected chi connectivity index (χ0v) is 16.3. The third-order valence-electron chi connectivity index (χ3n) is 0. The van der Waals surface area contributed by atoms with E-state index in [0.29, 0.717) is 0 Å². The van der Waals surface area contributed by atoms with Crippen LogP contribution in [0, 0.1) is 0 Å². The first-order valence-electron chi connectivity index (χ1n) is 0. The summed E-state index contributed by atoms with van der Waals surface area (Å²) in [5.41, 5.74) is 0. The minimum Gasteiger partial charge on any atom is -2.00 e. The molecule has 0 aromatic rings. The van der Waals surface area contributed by atoms with E-state index < -0.39 is 0 Å². The van der Waals surface area contributed by atoms with E-state index in [2.05, 4.69) is 0 Å². The van der Waals surface area contributed by atoms with Crippen LogP contribution in [0.2, 0.25) is 0 Å². The normalized spacial score (nSPS) is 0. The van der Waals surface area contributed by atoms with Crippen LogP contribution in [0.1, 0.15) is 0 Å². The van der Waals surface area contributed by atoms with Gasteiger partial charge in [-0.3, -0.25) is 0 Å². The molecular formula is CaCoFeLiMgNiOTiZn+16. The second-order valence-electron chi connectivity index (χ2n) is 0. The van der Waals surface area contributed by atoms with Crippen LogP contribution in [0.25, 0.3) is 0 Å². The van der Waals surface area contributed by atoms with E-state index >= 15 is 0 Å². The third-order valence-corrected chi connectivity index (χ3v) is 0. The second kappa shape index (κ2) is 70.3. The molecule has 0 unspecified atom stereocenters. The summed E-state index contributed by atoms with van der Waals surface area (Å²) in [6.45, 7) is 0. The Kier molecular flexibility index (Phi) is 688. The van der Waals surface area contributed by atoms with Crippen LogP contribution in [0.3, 0.4) is 0 Å². The van der Waals surface area contributed by atoms with Gasteiger partial charge < -0.3 is 5.48 Å². The Hall–Kier alpha value is 5.44. The molecule has 0 saturated heterocycles. The molecule has 2 radical (unpaired) electrons. The van der Waals surface area contributed by atoms with Gasteiger partial charge >= 0.3 is 171 Å². The summed E-state index contributed by atoms with van der Waals surface area (Å²) in [5, 5.41) is 0. The maximum absolute atomic E-state index is 0. The van der Waals surface area contributed by atoms with Gasteiger partial charge in [0.2, 0.25) is 0 Å². The maximum Gasteiger partial charge on any atom is 4.00 e. The summed E-state index contributed by atoms with van der Waals surface area (Å²) in [4.78, 5) is 0. The van der Waals surface area contributed by atoms with Crippen LogP contribution in [0.4, 0.5) is 0 Å². The molecule has 0 aromatic heterocycles. The fraction of sp³-hybridized carbons (Fsp3) is 0. The van der Waals surface area contributed by atoms with E-state index in [1.54, 1.807) is 0 Å². The Balaban J connectivity index is 0. The van der Waals surface area contributed by atoms with Gasteiger partial charge in [-0.1, -0.05) is 0 Å². The molecule has 0 aliphatic heterocycles. The van der Waals surface area contributed by atoms with Gasteiger partial charge in [-0.25, -0.2) is 0 Å². The smallest absolute Gasteiger partial charge is 2.00 e. The molecule has 0 rings (SSSR count). The largest absolute Gasteiger partial charge is 4.00 e. The first-order chi connectivity index (χ1) is 0. The zero-order valence-electron chi connectivity index (χ0n) is 5.03. The van der Waals surface area contributed by atoms with Crippen molar-refractivity contribution >= 4 is 60.8 Å². The van der Waals surface area contributed by atoms with Crippen molar-refractivity contribution in [3.8, 4) is 0 Å². The predicted octanol–water partition coefficient (Wildman–Crippen LogP) is -3.89. The molecule has 1 nitrogen and oxygen atoms in total. The molecule has 28 valence electrons. The summed E-state index contributed by atoms with van der Waals surface area (Å²) in [6.07, 6.45) is 0. The molecule has 0 aromatic carbocycles. The van der Waals surface area contributed by atoms with E-state index in [1.807, 2.05) is 0 Å². The molecule has 0 saturated carbocycles. The summed E-state index contributed by atoms with van der Waals surface area (Å²) in [6, 6.07) is 0. The van der Waals surface area contributed by atoms with E-state index in [1.165, 1.54) is 0 Å². The molecule has 9 heavy (non-hydrogen) atoms. The molecule has 0 N–H and O–H groups in total. The minimum atomic E-state index is 0. The first kappa shape index (κ1) is 88.1. The van der Waals surface area contributed by atoms with E-state index in [-0.39, 0.29) is 177 Å². The number of hydrogen-bond donors (Lipinski definition) is 0. The first-order valence-corrected chi connectivity index (χ1v) is 0. The molecular weight excluding hydrogens is 374 g/mol. The van der Waals surface area contributed by atoms with Crippen molar-refractivity contribution in [2.45, 2.75) is 0 Å². The Labute approximate surface area is 172 Å². The molecule has 0 amide bonds. The molecule has 0 heterocycles. The molecule has 0 fully saturated rings. The predicted molar refractivity (Wildman–Crippen MR) is 12.2 cm³/mol. The van der Waals surface area contributed by atoms with Crippen LogP contribution in [0.5, 0.6) is 0 Å². The topological polar surface area (TPSA) is 28.5 Å². The van der Waals surface area contributed by atoms with E-state index in [4.69, 9.17) is 0 Å². The minimum absolute atomic E-state index is 0. The summed E-state index contributed by atoms with van der Waals surface area (Å²) in [5.74, 6) is 0. The van der Waals surface area contributed by atoms with Crippen molar-refractivity contribution in [1.29, 1.82) is 0 Å². The summed E-state index contributed by atoms with van der Waals surface area (Å²) < 4.78 is 0. The Bertz CT molecular complexity index is 28.5. The van der Waals surface area contributed by atoms with E-state index in [9.17, 15) is 0 Å². The monoisotopic (exact) mass is 372 g/mol. The molecule has 9 heteroatoms. The second-order valence-corrected chi connectivity index (χ2v) is 0. The standard InChI is InChI=1S/Ca.Co.Fe.Li.Mg.Ni.O.Ti.Zn/q2*+2;+3;+1;2*+2;-2;+4;+2. The molecule has 0 bridgehead atoms. The molecule has 0 aliphatic carbocycles. The van der Waals surface area contributed by atoms with Gasteiger partial charge in [0.1, 0.15) is 0 Å². The van der Waals surface area contributed by atoms with Crippen molar-refractivity contribution in [3.63, 3.8) is 0 Å². The molecule has 0 spiro atoms. The van der Waals surface area contributed by atoms with Crippen molar-refractivity contribution in [2.75, 3.05) is 0 Å². The number of hydrogen-bond acceptors (Lipinski definition) is 0. The van der Waals surface area contributed by atoms with Crippen LogP contribution >= 0.6 is 0 Å². The summed E-state index contributed by atoms with van der Waals surface area (Å²) >= 11 is 0. The van der Waals surface area contributed by atoms with Crippen molar-refractivity contribution in [1.82, 2.24) is 0 Å². The third kappa shape index (κ3) is 59.4. The Morgan fingerprint density at radius 2 is 1.00 bits per heavy atom. The van der Waals surface area contributed by atoms with Gasteiger partial charge in [-0.15, -0.1) is 0 Å². The van der Waals surface area contributed by atoms with Gasteiger partial charge in [0, 0.05) is 0 Å². The SMILES string of the molecule is [Ca+2].[Co+2].[Fe+3].[Li+].[Mg+2].[Ni+2].[O-2].[Ti+4].[Zn+2]. The van der Waals surface area contributed by atoms with Gasteiger partial charge in [0.25, 0.3) is 0 Å². The van der Waals surface area contributed by atoms with Gasteiger partial charge in [0.05, 0.1) is 0 Å². The van der Waals surface area contributed by atoms with Gasteiger partial charge in [0.15, 0.2) is 0 Å². The Morgan fingerprint density at radius 3 is 1.00 bits per heavy atom. The van der Waals surface area contributed by atoms with Gasteiger partial charge in [-0.2, -0.15) is 0 Å². The van der Waals surface area contributed by atoms with Crippen LogP contribution in [-0.4, -0.2) is 60.8 Å². The number of rotatable bonds is 0. The fourth-order valence-electron chi connectivity index (χ4n) is 0. The van der Waals surface area contributed by atoms with Crippen molar-refractivity contribution in [2.24, 2.45) is 0 Å². The van der Waals surface area contributed by atoms with Crippen molar-refractivity contribution < 1.29 is 116 Å². The summed E-state index contributed by atoms with van der Waals surface area (Å²) in [7, 11) is 0. The van der Waals surface area contributed by atoms with E-state index in [0.717, 1.165) is 0 Å². The molecule has 0 aliphatic rings.